The van der Waals surface area contributed by atoms with Crippen LogP contribution in [0.15, 0.2) is 48.5 Å². The van der Waals surface area contributed by atoms with E-state index in [4.69, 9.17) is 17.3 Å². The van der Waals surface area contributed by atoms with Crippen LogP contribution in [-0.2, 0) is 11.0 Å². The lowest BCUT2D eigenvalue weighted by Crippen LogP contribution is -2.17. The van der Waals surface area contributed by atoms with Crippen molar-refractivity contribution in [1.29, 1.82) is 0 Å². The normalized spacial score (nSPS) is 11.2. The Bertz CT molecular complexity index is 1260. The van der Waals surface area contributed by atoms with Crippen LogP contribution < -0.4 is 16.4 Å². The zero-order valence-electron chi connectivity index (χ0n) is 16.8. The van der Waals surface area contributed by atoms with Crippen molar-refractivity contribution in [3.63, 3.8) is 0 Å². The first-order valence-corrected chi connectivity index (χ1v) is 9.59. The molecule has 0 saturated heterocycles. The number of anilines is 3. The van der Waals surface area contributed by atoms with Crippen LogP contribution in [0.5, 0.6) is 0 Å². The van der Waals surface area contributed by atoms with Gasteiger partial charge < -0.3 is 16.4 Å². The summed E-state index contributed by atoms with van der Waals surface area (Å²) in [5.74, 6) is -3.21. The number of hydrogen-bond acceptors (Lipinski definition) is 3. The van der Waals surface area contributed by atoms with Crippen LogP contribution in [0.2, 0.25) is 5.02 Å². The summed E-state index contributed by atoms with van der Waals surface area (Å²) < 4.78 is 68.0. The third-order valence-electron chi connectivity index (χ3n) is 4.50. The van der Waals surface area contributed by atoms with E-state index in [9.17, 15) is 31.5 Å². The van der Waals surface area contributed by atoms with Crippen LogP contribution in [0.25, 0.3) is 11.1 Å². The monoisotopic (exact) mass is 483 g/mol. The molecule has 3 rings (SSSR count). The molecule has 0 aliphatic carbocycles. The van der Waals surface area contributed by atoms with Gasteiger partial charge in [0.15, 0.2) is 0 Å². The summed E-state index contributed by atoms with van der Waals surface area (Å²) in [6.45, 7) is 1.05. The van der Waals surface area contributed by atoms with Gasteiger partial charge in [0.2, 0.25) is 5.91 Å². The molecule has 4 N–H and O–H groups in total. The summed E-state index contributed by atoms with van der Waals surface area (Å²) in [4.78, 5) is 23.7. The van der Waals surface area contributed by atoms with Gasteiger partial charge in [-0.2, -0.15) is 13.2 Å². The zero-order chi connectivity index (χ0) is 24.5. The molecule has 0 unspecified atom stereocenters. The average molecular weight is 484 g/mol. The van der Waals surface area contributed by atoms with Crippen molar-refractivity contribution in [2.75, 3.05) is 16.4 Å². The molecule has 11 heteroatoms. The van der Waals surface area contributed by atoms with Crippen molar-refractivity contribution < 1.29 is 31.5 Å². The van der Waals surface area contributed by atoms with Gasteiger partial charge in [0, 0.05) is 29.4 Å². The molecule has 0 aliphatic heterocycles. The molecule has 3 aromatic rings. The Morgan fingerprint density at radius 2 is 1.64 bits per heavy atom. The highest BCUT2D eigenvalue weighted by Crippen LogP contribution is 2.37. The van der Waals surface area contributed by atoms with E-state index < -0.39 is 40.9 Å². The second-order valence-corrected chi connectivity index (χ2v) is 7.34. The van der Waals surface area contributed by atoms with Gasteiger partial charge in [-0.15, -0.1) is 0 Å². The topological polar surface area (TPSA) is 84.2 Å². The molecule has 0 atom stereocenters. The highest BCUT2D eigenvalue weighted by atomic mass is 35.5. The standard InChI is InChI=1S/C22H15ClF5N3O2/c1-10(32)30-20-5-3-12(7-16(20)22(26,27)28)31-21(33)15-9-18(25)14(8-17(15)23)13-4-2-11(24)6-19(13)29/h2-9H,29H2,1H3,(H,30,32)(H,31,33). The van der Waals surface area contributed by atoms with Crippen molar-refractivity contribution in [2.24, 2.45) is 0 Å². The third-order valence-corrected chi connectivity index (χ3v) is 4.81. The van der Waals surface area contributed by atoms with E-state index >= 15 is 0 Å². The van der Waals surface area contributed by atoms with Crippen LogP contribution in [-0.4, -0.2) is 11.8 Å². The maximum atomic E-state index is 14.7. The van der Waals surface area contributed by atoms with Crippen LogP contribution >= 0.6 is 11.6 Å². The molecule has 0 heterocycles. The predicted octanol–water partition coefficient (Wildman–Crippen LogP) is 6.10. The Morgan fingerprint density at radius 3 is 2.24 bits per heavy atom. The predicted molar refractivity (Wildman–Crippen MR) is 115 cm³/mol. The minimum absolute atomic E-state index is 0.0545. The highest BCUT2D eigenvalue weighted by molar-refractivity contribution is 6.34. The van der Waals surface area contributed by atoms with Crippen molar-refractivity contribution in [1.82, 2.24) is 0 Å². The Balaban J connectivity index is 1.93. The van der Waals surface area contributed by atoms with E-state index in [1.807, 2.05) is 0 Å². The second kappa shape index (κ2) is 9.07. The number of carbonyl (C=O) groups is 2. The molecule has 5 nitrogen and oxygen atoms in total. The van der Waals surface area contributed by atoms with E-state index in [1.54, 1.807) is 0 Å². The fourth-order valence-corrected chi connectivity index (χ4v) is 3.31. The van der Waals surface area contributed by atoms with E-state index in [-0.39, 0.29) is 33.1 Å². The molecule has 172 valence electrons. The van der Waals surface area contributed by atoms with Crippen LogP contribution in [0.1, 0.15) is 22.8 Å². The van der Waals surface area contributed by atoms with Gasteiger partial charge in [-0.1, -0.05) is 11.6 Å². The van der Waals surface area contributed by atoms with Crippen LogP contribution in [0.4, 0.5) is 39.0 Å². The van der Waals surface area contributed by atoms with E-state index in [2.05, 4.69) is 10.6 Å². The Labute approximate surface area is 189 Å². The molecular formula is C22H15ClF5N3O2. The molecule has 0 aliphatic rings. The van der Waals surface area contributed by atoms with E-state index in [1.165, 1.54) is 6.07 Å². The van der Waals surface area contributed by atoms with Gasteiger partial charge in [0.05, 0.1) is 21.8 Å². The number of halogens is 6. The summed E-state index contributed by atoms with van der Waals surface area (Å²) in [5, 5.41) is 4.07. The van der Waals surface area contributed by atoms with Gasteiger partial charge >= 0.3 is 6.18 Å². The number of carbonyl (C=O) groups excluding carboxylic acids is 2. The zero-order valence-corrected chi connectivity index (χ0v) is 17.5. The second-order valence-electron chi connectivity index (χ2n) is 6.94. The molecule has 0 bridgehead atoms. The Kier molecular flexibility index (Phi) is 6.59. The lowest BCUT2D eigenvalue weighted by molar-refractivity contribution is -0.136. The quantitative estimate of drug-likeness (QED) is 0.310. The van der Waals surface area contributed by atoms with E-state index in [0.29, 0.717) is 6.07 Å². The SMILES string of the molecule is CC(=O)Nc1ccc(NC(=O)c2cc(F)c(-c3ccc(F)cc3N)cc2Cl)cc1C(F)(F)F. The summed E-state index contributed by atoms with van der Waals surface area (Å²) >= 11 is 6.11. The molecular weight excluding hydrogens is 469 g/mol. The molecule has 0 radical (unpaired) electrons. The number of nitrogens with one attached hydrogen (secondary N) is 2. The number of nitrogen functional groups attached to an aromatic ring is 1. The van der Waals surface area contributed by atoms with Gasteiger partial charge in [-0.05, 0) is 48.5 Å². The number of hydrogen-bond donors (Lipinski definition) is 3. The molecule has 0 spiro atoms. The minimum atomic E-state index is -4.82. The molecule has 0 fully saturated rings. The first kappa shape index (κ1) is 24.0. The first-order valence-electron chi connectivity index (χ1n) is 9.21. The Hall–Kier alpha value is -3.66. The number of rotatable bonds is 4. The first-order chi connectivity index (χ1) is 15.4. The van der Waals surface area contributed by atoms with E-state index in [0.717, 1.165) is 43.3 Å². The molecule has 0 saturated carbocycles. The average Bonchev–Trinajstić information content (AvgIpc) is 2.69. The number of alkyl halides is 3. The van der Waals surface area contributed by atoms with Crippen molar-refractivity contribution in [2.45, 2.75) is 13.1 Å². The smallest absolute Gasteiger partial charge is 0.398 e. The summed E-state index contributed by atoms with van der Waals surface area (Å²) in [6, 6.07) is 7.95. The number of nitrogens with two attached hydrogens (primary N) is 1. The maximum Gasteiger partial charge on any atom is 0.418 e. The Morgan fingerprint density at radius 1 is 0.939 bits per heavy atom. The number of amides is 2. The fraction of sp³-hybridized carbons (Fsp3) is 0.0909. The lowest BCUT2D eigenvalue weighted by Gasteiger charge is -2.16. The molecule has 2 amide bonds. The maximum absolute atomic E-state index is 14.7. The van der Waals surface area contributed by atoms with Crippen molar-refractivity contribution in [3.8, 4) is 11.1 Å². The van der Waals surface area contributed by atoms with Gasteiger partial charge in [0.1, 0.15) is 11.6 Å². The van der Waals surface area contributed by atoms with Crippen molar-refractivity contribution >= 4 is 40.5 Å². The number of benzene rings is 3. The lowest BCUT2D eigenvalue weighted by atomic mass is 10.0. The van der Waals surface area contributed by atoms with Crippen LogP contribution in [0, 0.1) is 11.6 Å². The van der Waals surface area contributed by atoms with Gasteiger partial charge in [-0.25, -0.2) is 8.78 Å². The van der Waals surface area contributed by atoms with Crippen LogP contribution in [0.3, 0.4) is 0 Å². The van der Waals surface area contributed by atoms with Crippen molar-refractivity contribution in [3.05, 3.63) is 76.3 Å². The summed E-state index contributed by atoms with van der Waals surface area (Å²) in [7, 11) is 0. The molecule has 3 aromatic carbocycles. The summed E-state index contributed by atoms with van der Waals surface area (Å²) in [6.07, 6.45) is -4.82. The van der Waals surface area contributed by atoms with Gasteiger partial charge in [0.25, 0.3) is 5.91 Å². The fourth-order valence-electron chi connectivity index (χ4n) is 3.06. The van der Waals surface area contributed by atoms with Gasteiger partial charge in [-0.3, -0.25) is 9.59 Å². The summed E-state index contributed by atoms with van der Waals surface area (Å²) in [5.41, 5.74) is 3.44. The largest absolute Gasteiger partial charge is 0.418 e. The molecule has 33 heavy (non-hydrogen) atoms. The third kappa shape index (κ3) is 5.40. The highest BCUT2D eigenvalue weighted by Gasteiger charge is 2.34. The molecule has 0 aromatic heterocycles. The minimum Gasteiger partial charge on any atom is -0.398 e.